The third-order valence-electron chi connectivity index (χ3n) is 2.89. The summed E-state index contributed by atoms with van der Waals surface area (Å²) in [5.41, 5.74) is 0.659. The molecule has 2 rings (SSSR count). The lowest BCUT2D eigenvalue weighted by molar-refractivity contribution is -0.138. The molecule has 0 spiro atoms. The second kappa shape index (κ2) is 3.98. The van der Waals surface area contributed by atoms with Crippen LogP contribution in [0.1, 0.15) is 18.4 Å². The molecule has 1 N–H and O–H groups in total. The van der Waals surface area contributed by atoms with Gasteiger partial charge in [0.1, 0.15) is 0 Å². The van der Waals surface area contributed by atoms with Crippen molar-refractivity contribution in [3.8, 4) is 0 Å². The zero-order chi connectivity index (χ0) is 10.7. The number of carboxylic acids is 1. The van der Waals surface area contributed by atoms with Gasteiger partial charge in [0.05, 0.1) is 13.0 Å². The maximum atomic E-state index is 10.9. The van der Waals surface area contributed by atoms with Gasteiger partial charge in [0.25, 0.3) is 0 Å². The fourth-order valence-electron chi connectivity index (χ4n) is 2.07. The predicted octanol–water partition coefficient (Wildman–Crippen LogP) is 1.21. The molecule has 1 atom stereocenters. The molecular weight excluding hydrogens is 194 g/mol. The van der Waals surface area contributed by atoms with E-state index in [0.29, 0.717) is 13.2 Å². The molecule has 0 aromatic carbocycles. The molecule has 80 valence electrons. The van der Waals surface area contributed by atoms with Crippen molar-refractivity contribution in [2.75, 3.05) is 13.2 Å². The summed E-state index contributed by atoms with van der Waals surface area (Å²) >= 11 is 0. The number of carboxylic acid groups (broad SMARTS) is 1. The van der Waals surface area contributed by atoms with E-state index in [1.807, 2.05) is 12.1 Å². The van der Waals surface area contributed by atoms with E-state index in [-0.39, 0.29) is 11.8 Å². The van der Waals surface area contributed by atoms with Crippen LogP contribution < -0.4 is 0 Å². The van der Waals surface area contributed by atoms with E-state index in [9.17, 15) is 4.79 Å². The third kappa shape index (κ3) is 1.99. The molecule has 1 aromatic heterocycles. The molecule has 1 aromatic rings. The Labute approximate surface area is 87.9 Å². The van der Waals surface area contributed by atoms with Gasteiger partial charge in [0.2, 0.25) is 0 Å². The molecule has 0 radical (unpaired) electrons. The van der Waals surface area contributed by atoms with E-state index >= 15 is 0 Å². The van der Waals surface area contributed by atoms with E-state index < -0.39 is 5.97 Å². The van der Waals surface area contributed by atoms with Gasteiger partial charge in [0.15, 0.2) is 0 Å². The molecule has 1 aliphatic heterocycles. The molecule has 0 amide bonds. The Morgan fingerprint density at radius 1 is 1.53 bits per heavy atom. The molecule has 4 nitrogen and oxygen atoms in total. The summed E-state index contributed by atoms with van der Waals surface area (Å²) in [4.78, 5) is 14.8. The Balaban J connectivity index is 2.30. The van der Waals surface area contributed by atoms with Crippen molar-refractivity contribution >= 4 is 5.97 Å². The van der Waals surface area contributed by atoms with E-state index in [2.05, 4.69) is 4.98 Å². The number of hydrogen-bond acceptors (Lipinski definition) is 3. The highest BCUT2D eigenvalue weighted by Crippen LogP contribution is 2.36. The van der Waals surface area contributed by atoms with Crippen LogP contribution in [0.4, 0.5) is 0 Å². The van der Waals surface area contributed by atoms with E-state index in [1.165, 1.54) is 0 Å². The molecule has 4 heteroatoms. The van der Waals surface area contributed by atoms with Crippen molar-refractivity contribution in [1.29, 1.82) is 0 Å². The van der Waals surface area contributed by atoms with E-state index in [0.717, 1.165) is 12.0 Å². The van der Waals surface area contributed by atoms with E-state index in [1.54, 1.807) is 12.4 Å². The smallest absolute Gasteiger partial charge is 0.304 e. The molecule has 1 saturated heterocycles. The van der Waals surface area contributed by atoms with Gasteiger partial charge in [-0.05, 0) is 24.1 Å². The minimum atomic E-state index is -0.780. The predicted molar refractivity (Wildman–Crippen MR) is 53.6 cm³/mol. The summed E-state index contributed by atoms with van der Waals surface area (Å²) in [5, 5.41) is 8.93. The van der Waals surface area contributed by atoms with Crippen LogP contribution in [0.3, 0.4) is 0 Å². The van der Waals surface area contributed by atoms with Crippen molar-refractivity contribution < 1.29 is 14.6 Å². The van der Waals surface area contributed by atoms with Gasteiger partial charge in [-0.15, -0.1) is 0 Å². The summed E-state index contributed by atoms with van der Waals surface area (Å²) in [7, 11) is 0. The molecule has 1 fully saturated rings. The van der Waals surface area contributed by atoms with Gasteiger partial charge in [-0.25, -0.2) is 0 Å². The standard InChI is InChI=1S/C11H13NO3/c13-10(14)7-11(3-6-15-8-11)9-1-4-12-5-2-9/h1-2,4-5H,3,6-8H2,(H,13,14). The van der Waals surface area contributed by atoms with Crippen molar-refractivity contribution in [3.63, 3.8) is 0 Å². The highest BCUT2D eigenvalue weighted by Gasteiger charge is 2.38. The van der Waals surface area contributed by atoms with Gasteiger partial charge in [-0.3, -0.25) is 9.78 Å². The summed E-state index contributed by atoms with van der Waals surface area (Å²) in [6, 6.07) is 3.75. The van der Waals surface area contributed by atoms with Gasteiger partial charge < -0.3 is 9.84 Å². The fraction of sp³-hybridized carbons (Fsp3) is 0.455. The molecule has 0 bridgehead atoms. The lowest BCUT2D eigenvalue weighted by Gasteiger charge is -2.25. The first-order valence-corrected chi connectivity index (χ1v) is 4.93. The van der Waals surface area contributed by atoms with Crippen LogP contribution in [0.25, 0.3) is 0 Å². The number of rotatable bonds is 3. The highest BCUT2D eigenvalue weighted by molar-refractivity contribution is 5.69. The Morgan fingerprint density at radius 3 is 2.80 bits per heavy atom. The molecule has 15 heavy (non-hydrogen) atoms. The SMILES string of the molecule is O=C(O)CC1(c2ccncc2)CCOC1. The van der Waals surface area contributed by atoms with Crippen LogP contribution in [-0.4, -0.2) is 29.3 Å². The van der Waals surface area contributed by atoms with Gasteiger partial charge in [-0.2, -0.15) is 0 Å². The van der Waals surface area contributed by atoms with Crippen molar-refractivity contribution in [2.24, 2.45) is 0 Å². The monoisotopic (exact) mass is 207 g/mol. The van der Waals surface area contributed by atoms with Crippen LogP contribution in [0.5, 0.6) is 0 Å². The van der Waals surface area contributed by atoms with Crippen molar-refractivity contribution in [3.05, 3.63) is 30.1 Å². The van der Waals surface area contributed by atoms with Gasteiger partial charge >= 0.3 is 5.97 Å². The molecule has 1 unspecified atom stereocenters. The van der Waals surface area contributed by atoms with Gasteiger partial charge in [-0.1, -0.05) is 0 Å². The minimum Gasteiger partial charge on any atom is -0.481 e. The normalized spacial score (nSPS) is 25.3. The first-order valence-electron chi connectivity index (χ1n) is 4.93. The number of aromatic nitrogens is 1. The number of carbonyl (C=O) groups is 1. The number of pyridine rings is 1. The Hall–Kier alpha value is -1.42. The first-order chi connectivity index (χ1) is 7.23. The quantitative estimate of drug-likeness (QED) is 0.809. The average molecular weight is 207 g/mol. The highest BCUT2D eigenvalue weighted by atomic mass is 16.5. The molecule has 0 saturated carbocycles. The summed E-state index contributed by atoms with van der Waals surface area (Å²) < 4.78 is 5.33. The van der Waals surface area contributed by atoms with Crippen molar-refractivity contribution in [1.82, 2.24) is 4.98 Å². The Bertz CT molecular complexity index is 344. The second-order valence-corrected chi connectivity index (χ2v) is 3.89. The number of nitrogens with zero attached hydrogens (tertiary/aromatic N) is 1. The average Bonchev–Trinajstić information content (AvgIpc) is 2.68. The van der Waals surface area contributed by atoms with Gasteiger partial charge in [0, 0.05) is 24.4 Å². The molecular formula is C11H13NO3. The fourth-order valence-corrected chi connectivity index (χ4v) is 2.07. The van der Waals surface area contributed by atoms with Crippen LogP contribution in [0.15, 0.2) is 24.5 Å². The summed E-state index contributed by atoms with van der Waals surface area (Å²) in [6.07, 6.45) is 4.27. The van der Waals surface area contributed by atoms with Crippen LogP contribution in [-0.2, 0) is 14.9 Å². The number of aliphatic carboxylic acids is 1. The van der Waals surface area contributed by atoms with Crippen LogP contribution in [0.2, 0.25) is 0 Å². The topological polar surface area (TPSA) is 59.4 Å². The van der Waals surface area contributed by atoms with Crippen LogP contribution in [0, 0.1) is 0 Å². The molecule has 0 aliphatic carbocycles. The van der Waals surface area contributed by atoms with Crippen LogP contribution >= 0.6 is 0 Å². The number of ether oxygens (including phenoxy) is 1. The minimum absolute atomic E-state index is 0.122. The molecule has 2 heterocycles. The number of hydrogen-bond donors (Lipinski definition) is 1. The zero-order valence-electron chi connectivity index (χ0n) is 8.35. The lowest BCUT2D eigenvalue weighted by Crippen LogP contribution is -2.29. The van der Waals surface area contributed by atoms with E-state index in [4.69, 9.17) is 9.84 Å². The Morgan fingerprint density at radius 2 is 2.27 bits per heavy atom. The maximum Gasteiger partial charge on any atom is 0.304 e. The molecule has 1 aliphatic rings. The van der Waals surface area contributed by atoms with Crippen molar-refractivity contribution in [2.45, 2.75) is 18.3 Å². The zero-order valence-corrected chi connectivity index (χ0v) is 8.35. The lowest BCUT2D eigenvalue weighted by atomic mass is 9.77. The largest absolute Gasteiger partial charge is 0.481 e. The summed E-state index contributed by atoms with van der Waals surface area (Å²) in [6.45, 7) is 1.12. The second-order valence-electron chi connectivity index (χ2n) is 3.89. The third-order valence-corrected chi connectivity index (χ3v) is 2.89. The first kappa shape index (κ1) is 10.1. The maximum absolute atomic E-state index is 10.9. The Kier molecular flexibility index (Phi) is 2.68. The summed E-state index contributed by atoms with van der Waals surface area (Å²) in [5.74, 6) is -0.780.